The van der Waals surface area contributed by atoms with E-state index in [1.807, 2.05) is 0 Å². The van der Waals surface area contributed by atoms with Crippen LogP contribution in [-0.4, -0.2) is 54.4 Å². The van der Waals surface area contributed by atoms with Crippen LogP contribution in [0.25, 0.3) is 0 Å². The molecule has 0 aromatic carbocycles. The summed E-state index contributed by atoms with van der Waals surface area (Å²) in [4.78, 5) is 24.4. The highest BCUT2D eigenvalue weighted by atomic mass is 16.5. The van der Waals surface area contributed by atoms with Crippen LogP contribution in [0.2, 0.25) is 0 Å². The van der Waals surface area contributed by atoms with Crippen molar-refractivity contribution in [3.8, 4) is 0 Å². The van der Waals surface area contributed by atoms with Crippen molar-refractivity contribution >= 4 is 12.0 Å². The Morgan fingerprint density at radius 3 is 2.68 bits per heavy atom. The summed E-state index contributed by atoms with van der Waals surface area (Å²) < 4.78 is 5.49. The first kappa shape index (κ1) is 14.1. The predicted molar refractivity (Wildman–Crippen MR) is 68.9 cm³/mol. The maximum atomic E-state index is 12.0. The average Bonchev–Trinajstić information content (AvgIpc) is 3.07. The van der Waals surface area contributed by atoms with E-state index in [9.17, 15) is 9.59 Å². The lowest BCUT2D eigenvalue weighted by molar-refractivity contribution is -0.137. The standard InChI is InChI=1S/C13H22N2O4/c1-15(8-10-3-2-6-19-10)13(18)14-11(7-12(16)17)9-4-5-9/h9-11H,2-8H2,1H3,(H,14,18)(H,16,17). The summed E-state index contributed by atoms with van der Waals surface area (Å²) >= 11 is 0. The van der Waals surface area contributed by atoms with Gasteiger partial charge in [-0.2, -0.15) is 0 Å². The van der Waals surface area contributed by atoms with Crippen molar-refractivity contribution in [1.29, 1.82) is 0 Å². The fourth-order valence-corrected chi connectivity index (χ4v) is 2.47. The molecule has 1 heterocycles. The molecular weight excluding hydrogens is 248 g/mol. The number of rotatable bonds is 6. The highest BCUT2D eigenvalue weighted by Gasteiger charge is 2.34. The molecule has 1 saturated heterocycles. The predicted octanol–water partition coefficient (Wildman–Crippen LogP) is 1.06. The molecule has 2 N–H and O–H groups in total. The Balaban J connectivity index is 1.78. The first-order valence-electron chi connectivity index (χ1n) is 6.91. The number of ether oxygens (including phenoxy) is 1. The molecule has 2 unspecified atom stereocenters. The topological polar surface area (TPSA) is 78.9 Å². The molecule has 2 amide bonds. The number of carboxylic acids is 1. The van der Waals surface area contributed by atoms with Gasteiger partial charge in [0.05, 0.1) is 12.5 Å². The lowest BCUT2D eigenvalue weighted by atomic mass is 10.1. The van der Waals surface area contributed by atoms with E-state index < -0.39 is 5.97 Å². The largest absolute Gasteiger partial charge is 0.481 e. The Hall–Kier alpha value is -1.30. The smallest absolute Gasteiger partial charge is 0.317 e. The highest BCUT2D eigenvalue weighted by molar-refractivity contribution is 5.75. The second-order valence-electron chi connectivity index (χ2n) is 5.51. The number of likely N-dealkylation sites (N-methyl/N-ethyl adjacent to an activating group) is 1. The van der Waals surface area contributed by atoms with Crippen molar-refractivity contribution in [3.63, 3.8) is 0 Å². The molecular formula is C13H22N2O4. The van der Waals surface area contributed by atoms with Crippen LogP contribution in [-0.2, 0) is 9.53 Å². The summed E-state index contributed by atoms with van der Waals surface area (Å²) in [5.41, 5.74) is 0. The molecule has 2 rings (SSSR count). The number of aliphatic carboxylic acids is 1. The lowest BCUT2D eigenvalue weighted by Crippen LogP contribution is -2.46. The number of nitrogens with zero attached hydrogens (tertiary/aromatic N) is 1. The summed E-state index contributed by atoms with van der Waals surface area (Å²) in [6.07, 6.45) is 4.17. The van der Waals surface area contributed by atoms with Gasteiger partial charge in [0.15, 0.2) is 0 Å². The maximum absolute atomic E-state index is 12.0. The van der Waals surface area contributed by atoms with Crippen LogP contribution in [0.5, 0.6) is 0 Å². The average molecular weight is 270 g/mol. The van der Waals surface area contributed by atoms with Gasteiger partial charge in [-0.15, -0.1) is 0 Å². The zero-order valence-corrected chi connectivity index (χ0v) is 11.3. The fraction of sp³-hybridized carbons (Fsp3) is 0.846. The summed E-state index contributed by atoms with van der Waals surface area (Å²) in [6, 6.07) is -0.439. The molecule has 1 aliphatic heterocycles. The molecule has 2 aliphatic rings. The van der Waals surface area contributed by atoms with Crippen LogP contribution in [0, 0.1) is 5.92 Å². The molecule has 0 bridgehead atoms. The number of carbonyl (C=O) groups is 2. The van der Waals surface area contributed by atoms with Crippen LogP contribution >= 0.6 is 0 Å². The summed E-state index contributed by atoms with van der Waals surface area (Å²) in [7, 11) is 1.72. The van der Waals surface area contributed by atoms with Gasteiger partial charge in [0.2, 0.25) is 0 Å². The van der Waals surface area contributed by atoms with Crippen LogP contribution < -0.4 is 5.32 Å². The molecule has 1 aliphatic carbocycles. The van der Waals surface area contributed by atoms with Gasteiger partial charge in [0.25, 0.3) is 0 Å². The molecule has 2 atom stereocenters. The quantitative estimate of drug-likeness (QED) is 0.756. The van der Waals surface area contributed by atoms with E-state index in [1.54, 1.807) is 11.9 Å². The molecule has 0 aromatic rings. The van der Waals surface area contributed by atoms with Gasteiger partial charge in [-0.1, -0.05) is 0 Å². The molecule has 108 valence electrons. The minimum Gasteiger partial charge on any atom is -0.481 e. The van der Waals surface area contributed by atoms with Crippen LogP contribution in [0.15, 0.2) is 0 Å². The van der Waals surface area contributed by atoms with Crippen molar-refractivity contribution in [2.75, 3.05) is 20.2 Å². The number of hydrogen-bond acceptors (Lipinski definition) is 3. The second kappa shape index (κ2) is 6.23. The van der Waals surface area contributed by atoms with E-state index in [2.05, 4.69) is 5.32 Å². The molecule has 0 spiro atoms. The Morgan fingerprint density at radius 2 is 2.16 bits per heavy atom. The summed E-state index contributed by atoms with van der Waals surface area (Å²) in [5.74, 6) is -0.532. The third-order valence-electron chi connectivity index (χ3n) is 3.74. The normalized spacial score (nSPS) is 23.9. The number of carbonyl (C=O) groups excluding carboxylic acids is 1. The number of amides is 2. The van der Waals surface area contributed by atoms with E-state index in [1.165, 1.54) is 0 Å². The van der Waals surface area contributed by atoms with Crippen LogP contribution in [0.3, 0.4) is 0 Å². The first-order valence-corrected chi connectivity index (χ1v) is 6.91. The van der Waals surface area contributed by atoms with Crippen LogP contribution in [0.4, 0.5) is 4.79 Å². The molecule has 0 radical (unpaired) electrons. The van der Waals surface area contributed by atoms with E-state index >= 15 is 0 Å². The SMILES string of the molecule is CN(CC1CCCO1)C(=O)NC(CC(=O)O)C1CC1. The van der Waals surface area contributed by atoms with E-state index in [0.29, 0.717) is 12.5 Å². The Labute approximate surface area is 113 Å². The van der Waals surface area contributed by atoms with Gasteiger partial charge >= 0.3 is 12.0 Å². The highest BCUT2D eigenvalue weighted by Crippen LogP contribution is 2.34. The summed E-state index contributed by atoms with van der Waals surface area (Å²) in [6.45, 7) is 1.33. The minimum atomic E-state index is -0.862. The van der Waals surface area contributed by atoms with Crippen molar-refractivity contribution in [3.05, 3.63) is 0 Å². The van der Waals surface area contributed by atoms with Crippen molar-refractivity contribution in [1.82, 2.24) is 10.2 Å². The van der Waals surface area contributed by atoms with E-state index in [4.69, 9.17) is 9.84 Å². The van der Waals surface area contributed by atoms with Crippen molar-refractivity contribution in [2.45, 2.75) is 44.2 Å². The molecule has 1 saturated carbocycles. The molecule has 6 heteroatoms. The van der Waals surface area contributed by atoms with E-state index in [0.717, 1.165) is 32.3 Å². The van der Waals surface area contributed by atoms with Gasteiger partial charge in [-0.05, 0) is 31.6 Å². The molecule has 0 aromatic heterocycles. The molecule has 2 fully saturated rings. The third-order valence-corrected chi connectivity index (χ3v) is 3.74. The van der Waals surface area contributed by atoms with E-state index in [-0.39, 0.29) is 24.6 Å². The fourth-order valence-electron chi connectivity index (χ4n) is 2.47. The number of hydrogen-bond donors (Lipinski definition) is 2. The zero-order valence-electron chi connectivity index (χ0n) is 11.3. The van der Waals surface area contributed by atoms with Crippen LogP contribution in [0.1, 0.15) is 32.1 Å². The Bertz CT molecular complexity index is 338. The molecule has 6 nitrogen and oxygen atoms in total. The maximum Gasteiger partial charge on any atom is 0.317 e. The van der Waals surface area contributed by atoms with Gasteiger partial charge in [0.1, 0.15) is 0 Å². The van der Waals surface area contributed by atoms with Gasteiger partial charge < -0.3 is 20.1 Å². The monoisotopic (exact) mass is 270 g/mol. The molecule has 19 heavy (non-hydrogen) atoms. The number of carboxylic acid groups (broad SMARTS) is 1. The number of nitrogens with one attached hydrogen (secondary N) is 1. The zero-order chi connectivity index (χ0) is 13.8. The number of urea groups is 1. The minimum absolute atomic E-state index is 0.00414. The third kappa shape index (κ3) is 4.38. The Kier molecular flexibility index (Phi) is 4.63. The second-order valence-corrected chi connectivity index (χ2v) is 5.51. The van der Waals surface area contributed by atoms with Gasteiger partial charge in [-0.3, -0.25) is 4.79 Å². The van der Waals surface area contributed by atoms with Crippen molar-refractivity contribution < 1.29 is 19.4 Å². The van der Waals surface area contributed by atoms with Gasteiger partial charge in [-0.25, -0.2) is 4.79 Å². The summed E-state index contributed by atoms with van der Waals surface area (Å²) in [5, 5.41) is 11.7. The Morgan fingerprint density at radius 1 is 1.42 bits per heavy atom. The first-order chi connectivity index (χ1) is 9.06. The van der Waals surface area contributed by atoms with Gasteiger partial charge in [0, 0.05) is 26.2 Å². The lowest BCUT2D eigenvalue weighted by Gasteiger charge is -2.24. The van der Waals surface area contributed by atoms with Crippen molar-refractivity contribution in [2.24, 2.45) is 5.92 Å².